The minimum atomic E-state index is -0.202. The van der Waals surface area contributed by atoms with Crippen molar-refractivity contribution in [1.29, 1.82) is 0 Å². The average molecular weight is 332 g/mol. The van der Waals surface area contributed by atoms with Crippen LogP contribution in [0.2, 0.25) is 5.02 Å². The summed E-state index contributed by atoms with van der Waals surface area (Å²) >= 11 is 5.88. The Labute approximate surface area is 142 Å². The lowest BCUT2D eigenvalue weighted by molar-refractivity contribution is 0.102. The molecule has 4 nitrogen and oxygen atoms in total. The first kappa shape index (κ1) is 17.2. The zero-order valence-corrected chi connectivity index (χ0v) is 14.4. The number of nitrogens with zero attached hydrogens (tertiary/aromatic N) is 1. The lowest BCUT2D eigenvalue weighted by Crippen LogP contribution is -2.22. The number of aryl methyl sites for hydroxylation is 1. The smallest absolute Gasteiger partial charge is 0.255 e. The first-order chi connectivity index (χ1) is 11.0. The molecule has 0 unspecified atom stereocenters. The normalized spacial score (nSPS) is 10.4. The molecule has 0 saturated carbocycles. The molecule has 0 saturated heterocycles. The maximum atomic E-state index is 12.3. The summed E-state index contributed by atoms with van der Waals surface area (Å²) in [6, 6.07) is 10.9. The Hall–Kier alpha value is -2.20. The van der Waals surface area contributed by atoms with E-state index in [0.29, 0.717) is 16.3 Å². The molecule has 0 atom stereocenters. The van der Waals surface area contributed by atoms with Gasteiger partial charge in [0.25, 0.3) is 5.91 Å². The third kappa shape index (κ3) is 3.96. The van der Waals surface area contributed by atoms with E-state index in [2.05, 4.69) is 30.1 Å². The number of benzene rings is 2. The van der Waals surface area contributed by atoms with Gasteiger partial charge in [-0.25, -0.2) is 0 Å². The highest BCUT2D eigenvalue weighted by molar-refractivity contribution is 6.33. The monoisotopic (exact) mass is 331 g/mol. The zero-order chi connectivity index (χ0) is 17.0. The number of nitrogen functional groups attached to an aromatic ring is 1. The highest BCUT2D eigenvalue weighted by atomic mass is 35.5. The van der Waals surface area contributed by atoms with Gasteiger partial charge in [0.15, 0.2) is 0 Å². The summed E-state index contributed by atoms with van der Waals surface area (Å²) in [5.74, 6) is -0.202. The molecule has 122 valence electrons. The number of hydrogen-bond acceptors (Lipinski definition) is 3. The van der Waals surface area contributed by atoms with Crippen LogP contribution in [0.15, 0.2) is 36.4 Å². The van der Waals surface area contributed by atoms with E-state index in [0.717, 1.165) is 30.0 Å². The van der Waals surface area contributed by atoms with E-state index in [1.807, 2.05) is 19.1 Å². The summed E-state index contributed by atoms with van der Waals surface area (Å²) in [5, 5.41) is 3.36. The Morgan fingerprint density at radius 3 is 2.43 bits per heavy atom. The number of nitrogens with two attached hydrogens (primary N) is 1. The standard InChI is InChI=1S/C18H22ClN3O/c1-4-22(5-2)14-7-9-17(12(3)10-14)21-18(23)13-6-8-15(19)16(20)11-13/h6-11H,4-5,20H2,1-3H3,(H,21,23). The van der Waals surface area contributed by atoms with Crippen molar-refractivity contribution in [3.05, 3.63) is 52.5 Å². The van der Waals surface area contributed by atoms with E-state index in [1.54, 1.807) is 18.2 Å². The Morgan fingerprint density at radius 2 is 1.87 bits per heavy atom. The van der Waals surface area contributed by atoms with Crippen LogP contribution < -0.4 is 16.0 Å². The minimum Gasteiger partial charge on any atom is -0.398 e. The number of halogens is 1. The number of hydrogen-bond donors (Lipinski definition) is 2. The highest BCUT2D eigenvalue weighted by Gasteiger charge is 2.11. The molecule has 3 N–H and O–H groups in total. The van der Waals surface area contributed by atoms with E-state index >= 15 is 0 Å². The third-order valence-corrected chi connectivity index (χ3v) is 4.19. The summed E-state index contributed by atoms with van der Waals surface area (Å²) in [5.41, 5.74) is 9.59. The van der Waals surface area contributed by atoms with Crippen molar-refractivity contribution in [3.8, 4) is 0 Å². The molecule has 0 aliphatic rings. The van der Waals surface area contributed by atoms with E-state index in [1.165, 1.54) is 0 Å². The fourth-order valence-corrected chi connectivity index (χ4v) is 2.57. The molecule has 0 aromatic heterocycles. The first-order valence-electron chi connectivity index (χ1n) is 7.68. The molecule has 0 aliphatic carbocycles. The first-order valence-corrected chi connectivity index (χ1v) is 8.06. The van der Waals surface area contributed by atoms with Crippen molar-refractivity contribution in [2.75, 3.05) is 29.0 Å². The van der Waals surface area contributed by atoms with Gasteiger partial charge in [-0.1, -0.05) is 11.6 Å². The van der Waals surface area contributed by atoms with Crippen LogP contribution in [0.5, 0.6) is 0 Å². The second-order valence-corrected chi connectivity index (χ2v) is 5.77. The number of rotatable bonds is 5. The molecule has 0 aliphatic heterocycles. The van der Waals surface area contributed by atoms with Crippen LogP contribution in [0.1, 0.15) is 29.8 Å². The molecule has 2 rings (SSSR count). The van der Waals surface area contributed by atoms with Gasteiger partial charge >= 0.3 is 0 Å². The molecule has 2 aromatic carbocycles. The van der Waals surface area contributed by atoms with Gasteiger partial charge in [-0.2, -0.15) is 0 Å². The third-order valence-electron chi connectivity index (χ3n) is 3.84. The summed E-state index contributed by atoms with van der Waals surface area (Å²) in [6.07, 6.45) is 0. The van der Waals surface area contributed by atoms with Gasteiger partial charge in [0, 0.05) is 30.0 Å². The largest absolute Gasteiger partial charge is 0.398 e. The van der Waals surface area contributed by atoms with Gasteiger partial charge in [0.2, 0.25) is 0 Å². The van der Waals surface area contributed by atoms with Crippen molar-refractivity contribution >= 4 is 34.6 Å². The maximum absolute atomic E-state index is 12.3. The second-order valence-electron chi connectivity index (χ2n) is 5.36. The van der Waals surface area contributed by atoms with Crippen molar-refractivity contribution in [1.82, 2.24) is 0 Å². The highest BCUT2D eigenvalue weighted by Crippen LogP contribution is 2.24. The molecule has 2 aromatic rings. The molecule has 1 amide bonds. The molecular formula is C18H22ClN3O. The van der Waals surface area contributed by atoms with Crippen LogP contribution in [-0.4, -0.2) is 19.0 Å². The Balaban J connectivity index is 2.19. The maximum Gasteiger partial charge on any atom is 0.255 e. The number of amides is 1. The average Bonchev–Trinajstić information content (AvgIpc) is 2.53. The predicted octanol–water partition coefficient (Wildman–Crippen LogP) is 4.33. The molecule has 23 heavy (non-hydrogen) atoms. The molecular weight excluding hydrogens is 310 g/mol. The molecule has 0 radical (unpaired) electrons. The molecule has 0 heterocycles. The van der Waals surface area contributed by atoms with Crippen LogP contribution in [-0.2, 0) is 0 Å². The quantitative estimate of drug-likeness (QED) is 0.802. The topological polar surface area (TPSA) is 58.4 Å². The van der Waals surface area contributed by atoms with E-state index in [4.69, 9.17) is 17.3 Å². The number of carbonyl (C=O) groups is 1. The lowest BCUT2D eigenvalue weighted by atomic mass is 10.1. The zero-order valence-electron chi connectivity index (χ0n) is 13.7. The SMILES string of the molecule is CCN(CC)c1ccc(NC(=O)c2ccc(Cl)c(N)c2)c(C)c1. The predicted molar refractivity (Wildman–Crippen MR) is 98.6 cm³/mol. The molecule has 0 bridgehead atoms. The Morgan fingerprint density at radius 1 is 1.17 bits per heavy atom. The van der Waals surface area contributed by atoms with Gasteiger partial charge < -0.3 is 16.0 Å². The lowest BCUT2D eigenvalue weighted by Gasteiger charge is -2.22. The van der Waals surface area contributed by atoms with Crippen molar-refractivity contribution in [2.24, 2.45) is 0 Å². The second kappa shape index (κ2) is 7.38. The Bertz CT molecular complexity index is 711. The van der Waals surface area contributed by atoms with Crippen LogP contribution >= 0.6 is 11.6 Å². The number of nitrogens with one attached hydrogen (secondary N) is 1. The summed E-state index contributed by atoms with van der Waals surface area (Å²) in [7, 11) is 0. The van der Waals surface area contributed by atoms with E-state index < -0.39 is 0 Å². The summed E-state index contributed by atoms with van der Waals surface area (Å²) < 4.78 is 0. The van der Waals surface area contributed by atoms with Crippen molar-refractivity contribution in [3.63, 3.8) is 0 Å². The van der Waals surface area contributed by atoms with Gasteiger partial charge in [-0.3, -0.25) is 4.79 Å². The fourth-order valence-electron chi connectivity index (χ4n) is 2.45. The van der Waals surface area contributed by atoms with E-state index in [-0.39, 0.29) is 5.91 Å². The number of anilines is 3. The Kier molecular flexibility index (Phi) is 5.50. The number of carbonyl (C=O) groups excluding carboxylic acids is 1. The van der Waals surface area contributed by atoms with E-state index in [9.17, 15) is 4.79 Å². The molecule has 5 heteroatoms. The van der Waals surface area contributed by atoms with Gasteiger partial charge in [0.05, 0.1) is 10.7 Å². The minimum absolute atomic E-state index is 0.202. The van der Waals surface area contributed by atoms with Crippen LogP contribution in [0.4, 0.5) is 17.1 Å². The van der Waals surface area contributed by atoms with Crippen LogP contribution in [0.3, 0.4) is 0 Å². The van der Waals surface area contributed by atoms with Crippen molar-refractivity contribution < 1.29 is 4.79 Å². The molecule has 0 fully saturated rings. The summed E-state index contributed by atoms with van der Waals surface area (Å²) in [4.78, 5) is 14.6. The van der Waals surface area contributed by atoms with Crippen LogP contribution in [0, 0.1) is 6.92 Å². The van der Waals surface area contributed by atoms with Crippen molar-refractivity contribution in [2.45, 2.75) is 20.8 Å². The van der Waals surface area contributed by atoms with Gasteiger partial charge in [-0.05, 0) is 62.7 Å². The van der Waals surface area contributed by atoms with Gasteiger partial charge in [-0.15, -0.1) is 0 Å². The van der Waals surface area contributed by atoms with Gasteiger partial charge in [0.1, 0.15) is 0 Å². The fraction of sp³-hybridized carbons (Fsp3) is 0.278. The summed E-state index contributed by atoms with van der Waals surface area (Å²) in [6.45, 7) is 8.13. The molecule has 0 spiro atoms. The van der Waals surface area contributed by atoms with Crippen LogP contribution in [0.25, 0.3) is 0 Å².